The van der Waals surface area contributed by atoms with Gasteiger partial charge in [0, 0.05) is 6.42 Å². The van der Waals surface area contributed by atoms with Crippen molar-refractivity contribution in [2.45, 2.75) is 45.3 Å². The molecule has 0 spiro atoms. The number of hydrogen-bond acceptors (Lipinski definition) is 5. The third-order valence-electron chi connectivity index (χ3n) is 1.81. The number of alkyl carbamates (subject to hydrolysis) is 1. The van der Waals surface area contributed by atoms with Crippen LogP contribution in [0.5, 0.6) is 0 Å². The summed E-state index contributed by atoms with van der Waals surface area (Å²) < 4.78 is 9.51. The summed E-state index contributed by atoms with van der Waals surface area (Å²) in [7, 11) is 1.19. The first-order valence-corrected chi connectivity index (χ1v) is 5.79. The van der Waals surface area contributed by atoms with E-state index >= 15 is 0 Å². The van der Waals surface area contributed by atoms with E-state index in [-0.39, 0.29) is 12.8 Å². The Balaban J connectivity index is 4.45. The topological polar surface area (TPSA) is 81.7 Å². The molecule has 1 amide bonds. The molecule has 0 fully saturated rings. The van der Waals surface area contributed by atoms with Crippen LogP contribution in [0.15, 0.2) is 0 Å². The van der Waals surface area contributed by atoms with Crippen molar-refractivity contribution < 1.29 is 23.9 Å². The smallest absolute Gasteiger partial charge is 0.408 e. The van der Waals surface area contributed by atoms with Gasteiger partial charge in [0.05, 0.1) is 7.11 Å². The van der Waals surface area contributed by atoms with Gasteiger partial charge in [-0.05, 0) is 38.8 Å². The van der Waals surface area contributed by atoms with Crippen LogP contribution in [0.2, 0.25) is 0 Å². The summed E-state index contributed by atoms with van der Waals surface area (Å²) in [6.45, 7) is 5.09. The molecule has 0 saturated heterocycles. The fraction of sp³-hybridized carbons (Fsp3) is 0.727. The number of halogens is 1. The molecule has 6 nitrogen and oxygen atoms in total. The van der Waals surface area contributed by atoms with Gasteiger partial charge in [0.25, 0.3) is 0 Å². The van der Waals surface area contributed by atoms with E-state index in [1.807, 2.05) is 0 Å². The number of esters is 1. The Kier molecular flexibility index (Phi) is 6.68. The van der Waals surface area contributed by atoms with Crippen LogP contribution >= 0.6 is 11.6 Å². The molecule has 0 rings (SSSR count). The van der Waals surface area contributed by atoms with E-state index in [4.69, 9.17) is 16.3 Å². The number of amides is 1. The van der Waals surface area contributed by atoms with Crippen LogP contribution < -0.4 is 5.32 Å². The molecule has 1 atom stereocenters. The lowest BCUT2D eigenvalue weighted by atomic mass is 10.1. The van der Waals surface area contributed by atoms with Crippen LogP contribution in [0, 0.1) is 0 Å². The van der Waals surface area contributed by atoms with E-state index in [2.05, 4.69) is 10.1 Å². The number of rotatable bonds is 5. The predicted molar refractivity (Wildman–Crippen MR) is 65.3 cm³/mol. The quantitative estimate of drug-likeness (QED) is 0.610. The summed E-state index contributed by atoms with van der Waals surface area (Å²) in [4.78, 5) is 33.5. The standard InChI is InChI=1S/C11H18ClNO5/c1-11(2,3)18-10(16)13-7(9(15)17-4)5-6-8(12)14/h7H,5-6H2,1-4H3,(H,13,16)/t7-/m0/s1. The highest BCUT2D eigenvalue weighted by atomic mass is 35.5. The zero-order chi connectivity index (χ0) is 14.3. The third-order valence-corrected chi connectivity index (χ3v) is 2.00. The van der Waals surface area contributed by atoms with Gasteiger partial charge in [-0.1, -0.05) is 0 Å². The first kappa shape index (κ1) is 16.7. The summed E-state index contributed by atoms with van der Waals surface area (Å²) in [6, 6.07) is -0.951. The average Bonchev–Trinajstić information content (AvgIpc) is 2.20. The molecule has 18 heavy (non-hydrogen) atoms. The highest BCUT2D eigenvalue weighted by Gasteiger charge is 2.25. The largest absolute Gasteiger partial charge is 0.467 e. The zero-order valence-electron chi connectivity index (χ0n) is 10.9. The Hall–Kier alpha value is -1.30. The minimum atomic E-state index is -0.951. The van der Waals surface area contributed by atoms with Gasteiger partial charge in [0.1, 0.15) is 11.6 Å². The van der Waals surface area contributed by atoms with Crippen molar-refractivity contribution in [2.75, 3.05) is 7.11 Å². The Bertz CT molecular complexity index is 324. The summed E-state index contributed by atoms with van der Waals surface area (Å²) in [5, 5.41) is 1.74. The molecule has 1 N–H and O–H groups in total. The molecule has 0 aromatic carbocycles. The number of ether oxygens (including phenoxy) is 2. The number of nitrogens with one attached hydrogen (secondary N) is 1. The molecule has 0 unspecified atom stereocenters. The summed E-state index contributed by atoms with van der Waals surface area (Å²) in [5.41, 5.74) is -0.674. The number of carbonyl (C=O) groups excluding carboxylic acids is 3. The van der Waals surface area contributed by atoms with Crippen molar-refractivity contribution >= 4 is 28.9 Å². The van der Waals surface area contributed by atoms with E-state index in [0.29, 0.717) is 0 Å². The first-order chi connectivity index (χ1) is 8.15. The second-order valence-electron chi connectivity index (χ2n) is 4.62. The lowest BCUT2D eigenvalue weighted by Gasteiger charge is -2.22. The lowest BCUT2D eigenvalue weighted by molar-refractivity contribution is -0.143. The Morgan fingerprint density at radius 1 is 1.28 bits per heavy atom. The van der Waals surface area contributed by atoms with Gasteiger partial charge in [-0.15, -0.1) is 0 Å². The predicted octanol–water partition coefficient (Wildman–Crippen LogP) is 1.60. The van der Waals surface area contributed by atoms with Crippen molar-refractivity contribution in [3.8, 4) is 0 Å². The highest BCUT2D eigenvalue weighted by Crippen LogP contribution is 2.08. The van der Waals surface area contributed by atoms with E-state index in [9.17, 15) is 14.4 Å². The first-order valence-electron chi connectivity index (χ1n) is 5.41. The van der Waals surface area contributed by atoms with Crippen LogP contribution in [0.3, 0.4) is 0 Å². The molecule has 0 saturated carbocycles. The fourth-order valence-corrected chi connectivity index (χ4v) is 1.21. The van der Waals surface area contributed by atoms with E-state index in [0.717, 1.165) is 0 Å². The minimum absolute atomic E-state index is 0.0445. The van der Waals surface area contributed by atoms with Gasteiger partial charge in [-0.3, -0.25) is 4.79 Å². The van der Waals surface area contributed by atoms with Gasteiger partial charge >= 0.3 is 12.1 Å². The molecule has 0 aliphatic heterocycles. The van der Waals surface area contributed by atoms with Crippen LogP contribution in [0.1, 0.15) is 33.6 Å². The van der Waals surface area contributed by atoms with Gasteiger partial charge in [-0.25, -0.2) is 9.59 Å². The molecule has 0 heterocycles. The molecule has 7 heteroatoms. The molecule has 104 valence electrons. The van der Waals surface area contributed by atoms with Crippen molar-refractivity contribution in [3.05, 3.63) is 0 Å². The molecule has 0 bridgehead atoms. The van der Waals surface area contributed by atoms with E-state index in [1.165, 1.54) is 7.11 Å². The molecular formula is C11H18ClNO5. The molecule has 0 radical (unpaired) electrons. The zero-order valence-corrected chi connectivity index (χ0v) is 11.7. The molecule has 0 aliphatic carbocycles. The number of methoxy groups -OCH3 is 1. The highest BCUT2D eigenvalue weighted by molar-refractivity contribution is 6.63. The maximum Gasteiger partial charge on any atom is 0.408 e. The summed E-state index contributed by atoms with van der Waals surface area (Å²) in [5.74, 6) is -0.654. The fourth-order valence-electron chi connectivity index (χ4n) is 1.10. The normalized spacial score (nSPS) is 12.5. The third kappa shape index (κ3) is 7.89. The maximum absolute atomic E-state index is 11.5. The van der Waals surface area contributed by atoms with Crippen molar-refractivity contribution in [2.24, 2.45) is 0 Å². The van der Waals surface area contributed by atoms with Crippen molar-refractivity contribution in [3.63, 3.8) is 0 Å². The Morgan fingerprint density at radius 2 is 1.83 bits per heavy atom. The SMILES string of the molecule is COC(=O)[C@H](CCC(=O)Cl)NC(=O)OC(C)(C)C. The molecule has 0 aromatic heterocycles. The summed E-state index contributed by atoms with van der Waals surface area (Å²) >= 11 is 5.18. The van der Waals surface area contributed by atoms with Crippen molar-refractivity contribution in [1.29, 1.82) is 0 Å². The van der Waals surface area contributed by atoms with Gasteiger partial charge in [0.15, 0.2) is 0 Å². The van der Waals surface area contributed by atoms with Gasteiger partial charge < -0.3 is 14.8 Å². The average molecular weight is 280 g/mol. The van der Waals surface area contributed by atoms with E-state index < -0.39 is 28.9 Å². The molecule has 0 aromatic rings. The number of hydrogen-bond donors (Lipinski definition) is 1. The van der Waals surface area contributed by atoms with E-state index in [1.54, 1.807) is 20.8 Å². The monoisotopic (exact) mass is 279 g/mol. The molecular weight excluding hydrogens is 262 g/mol. The maximum atomic E-state index is 11.5. The van der Waals surface area contributed by atoms with Crippen LogP contribution in [-0.2, 0) is 19.1 Å². The number of carbonyl (C=O) groups is 3. The van der Waals surface area contributed by atoms with Crippen LogP contribution in [0.25, 0.3) is 0 Å². The lowest BCUT2D eigenvalue weighted by Crippen LogP contribution is -2.44. The molecule has 0 aliphatic rings. The van der Waals surface area contributed by atoms with Crippen molar-refractivity contribution in [1.82, 2.24) is 5.32 Å². The second kappa shape index (κ2) is 7.20. The van der Waals surface area contributed by atoms with Crippen LogP contribution in [-0.4, -0.2) is 36.1 Å². The Morgan fingerprint density at radius 3 is 2.22 bits per heavy atom. The minimum Gasteiger partial charge on any atom is -0.467 e. The second-order valence-corrected chi connectivity index (χ2v) is 5.04. The van der Waals surface area contributed by atoms with Crippen LogP contribution in [0.4, 0.5) is 4.79 Å². The Labute approximate surface area is 111 Å². The van der Waals surface area contributed by atoms with Gasteiger partial charge in [0.2, 0.25) is 5.24 Å². The van der Waals surface area contributed by atoms with Gasteiger partial charge in [-0.2, -0.15) is 0 Å². The summed E-state index contributed by atoms with van der Waals surface area (Å²) in [6.07, 6.45) is -0.731.